The molecule has 1 rings (SSSR count). The van der Waals surface area contributed by atoms with E-state index in [2.05, 4.69) is 5.10 Å². The summed E-state index contributed by atoms with van der Waals surface area (Å²) in [6.45, 7) is 5.06. The Morgan fingerprint density at radius 1 is 1.38 bits per heavy atom. The van der Waals surface area contributed by atoms with Crippen molar-refractivity contribution in [3.63, 3.8) is 0 Å². The smallest absolute Gasteiger partial charge is 0.255 e. The molecule has 0 aliphatic carbocycles. The van der Waals surface area contributed by atoms with Gasteiger partial charge < -0.3 is 0 Å². The fourth-order valence-corrected chi connectivity index (χ4v) is 1.07. The minimum absolute atomic E-state index is 0.629. The van der Waals surface area contributed by atoms with Gasteiger partial charge in [-0.1, -0.05) is 0 Å². The van der Waals surface area contributed by atoms with Crippen LogP contribution in [0.3, 0.4) is 0 Å². The molecular formula is C8H11F3N2. The van der Waals surface area contributed by atoms with Gasteiger partial charge in [0.2, 0.25) is 0 Å². The van der Waals surface area contributed by atoms with Gasteiger partial charge in [-0.15, -0.1) is 0 Å². The average Bonchev–Trinajstić information content (AvgIpc) is 2.28. The van der Waals surface area contributed by atoms with Gasteiger partial charge in [-0.3, -0.25) is 4.68 Å². The summed E-state index contributed by atoms with van der Waals surface area (Å²) < 4.78 is 38.5. The Morgan fingerprint density at radius 2 is 1.92 bits per heavy atom. The minimum Gasteiger partial charge on any atom is -0.255 e. The Labute approximate surface area is 74.4 Å². The van der Waals surface area contributed by atoms with Crippen LogP contribution >= 0.6 is 0 Å². The maximum Gasteiger partial charge on any atom is 0.282 e. The summed E-state index contributed by atoms with van der Waals surface area (Å²) in [5, 5.41) is 3.57. The van der Waals surface area contributed by atoms with Crippen LogP contribution in [0.15, 0.2) is 6.20 Å². The summed E-state index contributed by atoms with van der Waals surface area (Å²) in [5.74, 6) is -0.954. The topological polar surface area (TPSA) is 17.8 Å². The van der Waals surface area contributed by atoms with Crippen LogP contribution in [-0.2, 0) is 5.54 Å². The van der Waals surface area contributed by atoms with Crippen molar-refractivity contribution in [2.45, 2.75) is 32.7 Å². The van der Waals surface area contributed by atoms with Gasteiger partial charge in [0.15, 0.2) is 5.82 Å². The molecule has 0 aliphatic rings. The Hall–Kier alpha value is -1.00. The van der Waals surface area contributed by atoms with Crippen molar-refractivity contribution in [1.29, 1.82) is 0 Å². The molecule has 2 nitrogen and oxygen atoms in total. The lowest BCUT2D eigenvalue weighted by Crippen LogP contribution is -2.25. The number of nitrogens with zero attached hydrogens (tertiary/aromatic N) is 2. The van der Waals surface area contributed by atoms with E-state index in [1.807, 2.05) is 0 Å². The van der Waals surface area contributed by atoms with Crippen LogP contribution in [0.1, 0.15) is 32.9 Å². The van der Waals surface area contributed by atoms with Gasteiger partial charge >= 0.3 is 0 Å². The third kappa shape index (κ3) is 1.84. The van der Waals surface area contributed by atoms with Crippen LogP contribution < -0.4 is 0 Å². The highest BCUT2D eigenvalue weighted by molar-refractivity contribution is 5.07. The molecule has 0 unspecified atom stereocenters. The molecule has 0 atom stereocenters. The number of alkyl halides is 2. The van der Waals surface area contributed by atoms with Gasteiger partial charge in [-0.25, -0.2) is 13.2 Å². The average molecular weight is 192 g/mol. The highest BCUT2D eigenvalue weighted by Crippen LogP contribution is 2.26. The molecule has 0 aliphatic heterocycles. The fraction of sp³-hybridized carbons (Fsp3) is 0.625. The van der Waals surface area contributed by atoms with Crippen molar-refractivity contribution in [2.75, 3.05) is 0 Å². The number of hydrogen-bond acceptors (Lipinski definition) is 1. The first kappa shape index (κ1) is 10.1. The summed E-state index contributed by atoms with van der Waals surface area (Å²) in [6, 6.07) is 0. The van der Waals surface area contributed by atoms with Crippen LogP contribution in [0.5, 0.6) is 0 Å². The molecule has 0 bridgehead atoms. The number of hydrogen-bond donors (Lipinski definition) is 0. The fourth-order valence-electron chi connectivity index (χ4n) is 1.07. The molecule has 5 heteroatoms. The van der Waals surface area contributed by atoms with Gasteiger partial charge in [-0.05, 0) is 20.8 Å². The van der Waals surface area contributed by atoms with Crippen molar-refractivity contribution in [3.8, 4) is 0 Å². The first-order valence-corrected chi connectivity index (χ1v) is 3.86. The highest BCUT2D eigenvalue weighted by Gasteiger charge is 2.26. The Balaban J connectivity index is 3.23. The second-order valence-electron chi connectivity index (χ2n) is 3.76. The third-order valence-electron chi connectivity index (χ3n) is 1.60. The summed E-state index contributed by atoms with van der Waals surface area (Å²) in [6.07, 6.45) is -2.02. The SMILES string of the molecule is CC(C)(C)n1ncc(F)c1C(F)F. The molecule has 0 saturated carbocycles. The Morgan fingerprint density at radius 3 is 2.23 bits per heavy atom. The summed E-state index contributed by atoms with van der Waals surface area (Å²) in [5.41, 5.74) is -1.27. The van der Waals surface area contributed by atoms with Crippen molar-refractivity contribution in [1.82, 2.24) is 9.78 Å². The standard InChI is InChI=1S/C8H11F3N2/c1-8(2,3)13-6(7(10)11)5(9)4-12-13/h4,7H,1-3H3. The molecule has 1 heterocycles. The normalized spacial score (nSPS) is 12.5. The zero-order valence-corrected chi connectivity index (χ0v) is 7.68. The van der Waals surface area contributed by atoms with E-state index in [4.69, 9.17) is 0 Å². The van der Waals surface area contributed by atoms with Crippen molar-refractivity contribution >= 4 is 0 Å². The summed E-state index contributed by atoms with van der Waals surface area (Å²) >= 11 is 0. The van der Waals surface area contributed by atoms with E-state index >= 15 is 0 Å². The van der Waals surface area contributed by atoms with Gasteiger partial charge in [0.25, 0.3) is 6.43 Å². The molecule has 74 valence electrons. The molecule has 1 aromatic rings. The molecule has 0 saturated heterocycles. The second kappa shape index (κ2) is 3.05. The lowest BCUT2D eigenvalue weighted by molar-refractivity contribution is 0.125. The molecule has 0 aromatic carbocycles. The maximum absolute atomic E-state index is 12.8. The van der Waals surface area contributed by atoms with Gasteiger partial charge in [0.05, 0.1) is 11.7 Å². The number of aromatic nitrogens is 2. The quantitative estimate of drug-likeness (QED) is 0.668. The Bertz CT molecular complexity index is 299. The van der Waals surface area contributed by atoms with Crippen LogP contribution in [0.2, 0.25) is 0 Å². The van der Waals surface area contributed by atoms with E-state index in [1.54, 1.807) is 20.8 Å². The third-order valence-corrected chi connectivity index (χ3v) is 1.60. The second-order valence-corrected chi connectivity index (χ2v) is 3.76. The lowest BCUT2D eigenvalue weighted by atomic mass is 10.1. The highest BCUT2D eigenvalue weighted by atomic mass is 19.3. The summed E-state index contributed by atoms with van der Waals surface area (Å²) in [4.78, 5) is 0. The van der Waals surface area contributed by atoms with Gasteiger partial charge in [0.1, 0.15) is 5.69 Å². The van der Waals surface area contributed by atoms with E-state index < -0.39 is 23.5 Å². The zero-order chi connectivity index (χ0) is 10.2. The molecule has 13 heavy (non-hydrogen) atoms. The Kier molecular flexibility index (Phi) is 2.36. The van der Waals surface area contributed by atoms with Crippen LogP contribution in [0.4, 0.5) is 13.2 Å². The van der Waals surface area contributed by atoms with Crippen LogP contribution in [0, 0.1) is 5.82 Å². The first-order valence-electron chi connectivity index (χ1n) is 3.86. The van der Waals surface area contributed by atoms with E-state index in [-0.39, 0.29) is 0 Å². The largest absolute Gasteiger partial charge is 0.282 e. The predicted octanol–water partition coefficient (Wildman–Crippen LogP) is 2.71. The summed E-state index contributed by atoms with van der Waals surface area (Å²) in [7, 11) is 0. The molecule has 0 N–H and O–H groups in total. The van der Waals surface area contributed by atoms with Crippen molar-refractivity contribution in [3.05, 3.63) is 17.7 Å². The zero-order valence-electron chi connectivity index (χ0n) is 7.68. The van der Waals surface area contributed by atoms with E-state index in [9.17, 15) is 13.2 Å². The van der Waals surface area contributed by atoms with E-state index in [1.165, 1.54) is 0 Å². The van der Waals surface area contributed by atoms with Gasteiger partial charge in [-0.2, -0.15) is 5.10 Å². The van der Waals surface area contributed by atoms with Crippen LogP contribution in [-0.4, -0.2) is 9.78 Å². The van der Waals surface area contributed by atoms with Gasteiger partial charge in [0, 0.05) is 0 Å². The number of halogens is 3. The van der Waals surface area contributed by atoms with Crippen LogP contribution in [0.25, 0.3) is 0 Å². The molecule has 0 radical (unpaired) electrons. The molecule has 1 aromatic heterocycles. The van der Waals surface area contributed by atoms with Crippen molar-refractivity contribution < 1.29 is 13.2 Å². The maximum atomic E-state index is 12.8. The molecule has 0 fully saturated rings. The molecule has 0 amide bonds. The molecular weight excluding hydrogens is 181 g/mol. The van der Waals surface area contributed by atoms with E-state index in [0.717, 1.165) is 10.9 Å². The minimum atomic E-state index is -2.83. The predicted molar refractivity (Wildman–Crippen MR) is 42.1 cm³/mol. The molecule has 0 spiro atoms. The first-order chi connectivity index (χ1) is 5.84. The number of rotatable bonds is 1. The lowest BCUT2D eigenvalue weighted by Gasteiger charge is -2.21. The van der Waals surface area contributed by atoms with E-state index in [0.29, 0.717) is 0 Å². The monoisotopic (exact) mass is 192 g/mol. The van der Waals surface area contributed by atoms with Crippen molar-refractivity contribution in [2.24, 2.45) is 0 Å².